The van der Waals surface area contributed by atoms with Crippen molar-refractivity contribution in [1.82, 2.24) is 16.0 Å². The number of hydrogen-bond donors (Lipinski definition) is 10. The summed E-state index contributed by atoms with van der Waals surface area (Å²) < 4.78 is 0. The van der Waals surface area contributed by atoms with Gasteiger partial charge >= 0.3 is 11.9 Å². The minimum atomic E-state index is -1.76. The lowest BCUT2D eigenvalue weighted by atomic mass is 10.0. The van der Waals surface area contributed by atoms with Gasteiger partial charge < -0.3 is 54.8 Å². The van der Waals surface area contributed by atoms with Gasteiger partial charge in [-0.25, -0.2) is 4.79 Å². The summed E-state index contributed by atoms with van der Waals surface area (Å²) in [6.45, 7) is 0.400. The first-order chi connectivity index (χ1) is 17.3. The Balaban J connectivity index is 5.68. The van der Waals surface area contributed by atoms with Crippen LogP contribution in [-0.4, -0.2) is 89.0 Å². The molecular formula is C20H37N9O8. The second-order valence-corrected chi connectivity index (χ2v) is 8.13. The molecule has 0 rings (SSSR count). The molecule has 0 saturated heterocycles. The Hall–Kier alpha value is -3.99. The van der Waals surface area contributed by atoms with Crippen LogP contribution in [0.1, 0.15) is 44.9 Å². The predicted molar refractivity (Wildman–Crippen MR) is 130 cm³/mol. The molecule has 4 unspecified atom stereocenters. The molecule has 0 heterocycles. The average Bonchev–Trinajstić information content (AvgIpc) is 2.78. The highest BCUT2D eigenvalue weighted by Gasteiger charge is 2.31. The van der Waals surface area contributed by atoms with Crippen molar-refractivity contribution in [3.8, 4) is 0 Å². The number of carbonyl (C=O) groups is 6. The molecule has 4 amide bonds. The maximum absolute atomic E-state index is 13.0. The summed E-state index contributed by atoms with van der Waals surface area (Å²) in [5.74, 6) is -6.67. The van der Waals surface area contributed by atoms with E-state index in [9.17, 15) is 33.9 Å². The lowest BCUT2D eigenvalue weighted by molar-refractivity contribution is -0.147. The fourth-order valence-electron chi connectivity index (χ4n) is 3.04. The molecule has 0 aromatic rings. The van der Waals surface area contributed by atoms with Crippen LogP contribution in [0, 0.1) is 0 Å². The summed E-state index contributed by atoms with van der Waals surface area (Å²) in [6.07, 6.45) is -0.188. The summed E-state index contributed by atoms with van der Waals surface area (Å²) in [5.41, 5.74) is 26.7. The molecule has 0 aliphatic rings. The number of nitrogens with two attached hydrogens (primary N) is 5. The van der Waals surface area contributed by atoms with Crippen molar-refractivity contribution < 1.29 is 39.0 Å². The van der Waals surface area contributed by atoms with Crippen molar-refractivity contribution in [2.24, 2.45) is 33.7 Å². The molecule has 210 valence electrons. The number of carboxylic acid groups (broad SMARTS) is 2. The topological polar surface area (TPSA) is 321 Å². The number of unbranched alkanes of at least 4 members (excludes halogenated alkanes) is 1. The van der Waals surface area contributed by atoms with Gasteiger partial charge in [0, 0.05) is 6.54 Å². The van der Waals surface area contributed by atoms with Gasteiger partial charge in [-0.3, -0.25) is 29.0 Å². The molecular weight excluding hydrogens is 494 g/mol. The number of guanidine groups is 1. The van der Waals surface area contributed by atoms with Crippen molar-refractivity contribution in [1.29, 1.82) is 0 Å². The van der Waals surface area contributed by atoms with Crippen LogP contribution in [0.2, 0.25) is 0 Å². The van der Waals surface area contributed by atoms with Gasteiger partial charge in [-0.2, -0.15) is 0 Å². The fraction of sp³-hybridized carbons (Fsp3) is 0.650. The number of amides is 4. The van der Waals surface area contributed by atoms with Crippen LogP contribution in [0.4, 0.5) is 0 Å². The van der Waals surface area contributed by atoms with Crippen molar-refractivity contribution in [2.75, 3.05) is 13.1 Å². The highest BCUT2D eigenvalue weighted by Crippen LogP contribution is 2.06. The number of nitrogens with zero attached hydrogens (tertiary/aromatic N) is 1. The van der Waals surface area contributed by atoms with E-state index in [2.05, 4.69) is 20.9 Å². The van der Waals surface area contributed by atoms with Crippen LogP contribution in [0.25, 0.3) is 0 Å². The number of nitrogens with one attached hydrogen (secondary N) is 3. The van der Waals surface area contributed by atoms with E-state index in [1.807, 2.05) is 0 Å². The first kappa shape index (κ1) is 33.0. The quantitative estimate of drug-likeness (QED) is 0.0427. The van der Waals surface area contributed by atoms with E-state index in [4.69, 9.17) is 33.8 Å². The standard InChI is InChI=1S/C20H37N9O8/c21-6-2-1-4-11(27-16(33)10(22)8-14(23)30)17(34)28-12(5-3-7-26-20(24)25)18(35)29-13(19(36)37)9-15(31)32/h10-13H,1-9,21-22H2,(H2,23,30)(H,27,33)(H,28,34)(H,29,35)(H,31,32)(H,36,37)(H4,24,25,26). The van der Waals surface area contributed by atoms with Gasteiger partial charge in [-0.15, -0.1) is 0 Å². The lowest BCUT2D eigenvalue weighted by Gasteiger charge is -2.25. The average molecular weight is 532 g/mol. The van der Waals surface area contributed by atoms with Gasteiger partial charge in [0.05, 0.1) is 18.9 Å². The first-order valence-corrected chi connectivity index (χ1v) is 11.4. The van der Waals surface area contributed by atoms with Gasteiger partial charge in [0.25, 0.3) is 0 Å². The lowest BCUT2D eigenvalue weighted by Crippen LogP contribution is -2.57. The van der Waals surface area contributed by atoms with Crippen LogP contribution < -0.4 is 44.6 Å². The zero-order chi connectivity index (χ0) is 28.5. The SMILES string of the molecule is NCCCCC(NC(=O)C(N)CC(N)=O)C(=O)NC(CCCN=C(N)N)C(=O)NC(CC(=O)O)C(=O)O. The van der Waals surface area contributed by atoms with Crippen LogP contribution in [0.3, 0.4) is 0 Å². The Bertz CT molecular complexity index is 848. The van der Waals surface area contributed by atoms with E-state index >= 15 is 0 Å². The largest absolute Gasteiger partial charge is 0.481 e. The third-order valence-electron chi connectivity index (χ3n) is 4.91. The number of rotatable bonds is 19. The van der Waals surface area contributed by atoms with E-state index in [1.165, 1.54) is 0 Å². The molecule has 0 radical (unpaired) electrons. The smallest absolute Gasteiger partial charge is 0.326 e. The third-order valence-corrected chi connectivity index (χ3v) is 4.91. The molecule has 17 nitrogen and oxygen atoms in total. The number of carboxylic acids is 2. The summed E-state index contributed by atoms with van der Waals surface area (Å²) in [6, 6.07) is -5.58. The Labute approximate surface area is 212 Å². The molecule has 0 spiro atoms. The van der Waals surface area contributed by atoms with Crippen molar-refractivity contribution in [2.45, 2.75) is 69.1 Å². The minimum Gasteiger partial charge on any atom is -0.481 e. The zero-order valence-electron chi connectivity index (χ0n) is 20.4. The highest BCUT2D eigenvalue weighted by molar-refractivity contribution is 5.95. The van der Waals surface area contributed by atoms with E-state index in [0.29, 0.717) is 19.4 Å². The summed E-state index contributed by atoms with van der Waals surface area (Å²) in [4.78, 5) is 75.3. The number of hydrogen-bond acceptors (Lipinski definition) is 9. The van der Waals surface area contributed by atoms with Crippen LogP contribution in [0.5, 0.6) is 0 Å². The summed E-state index contributed by atoms with van der Waals surface area (Å²) in [7, 11) is 0. The van der Waals surface area contributed by atoms with E-state index in [1.54, 1.807) is 0 Å². The molecule has 0 saturated carbocycles. The van der Waals surface area contributed by atoms with Crippen LogP contribution in [-0.2, 0) is 28.8 Å². The molecule has 4 atom stereocenters. The Morgan fingerprint density at radius 3 is 1.70 bits per heavy atom. The number of carbonyl (C=O) groups excluding carboxylic acids is 4. The monoisotopic (exact) mass is 531 g/mol. The van der Waals surface area contributed by atoms with Crippen molar-refractivity contribution in [3.05, 3.63) is 0 Å². The zero-order valence-corrected chi connectivity index (χ0v) is 20.4. The normalized spacial score (nSPS) is 13.8. The van der Waals surface area contributed by atoms with E-state index in [-0.39, 0.29) is 31.8 Å². The number of aliphatic imine (C=N–C) groups is 1. The Morgan fingerprint density at radius 1 is 0.730 bits per heavy atom. The highest BCUT2D eigenvalue weighted by atomic mass is 16.4. The van der Waals surface area contributed by atoms with E-state index in [0.717, 1.165) is 0 Å². The molecule has 15 N–H and O–H groups in total. The van der Waals surface area contributed by atoms with Gasteiger partial charge in [-0.05, 0) is 38.6 Å². The molecule has 0 bridgehead atoms. The van der Waals surface area contributed by atoms with Gasteiger partial charge in [0.1, 0.15) is 18.1 Å². The number of primary amides is 1. The second kappa shape index (κ2) is 17.4. The fourth-order valence-corrected chi connectivity index (χ4v) is 3.04. The molecule has 0 fully saturated rings. The minimum absolute atomic E-state index is 0.0571. The van der Waals surface area contributed by atoms with Gasteiger partial charge in [0.15, 0.2) is 5.96 Å². The summed E-state index contributed by atoms with van der Waals surface area (Å²) in [5, 5.41) is 25.0. The first-order valence-electron chi connectivity index (χ1n) is 11.4. The Morgan fingerprint density at radius 2 is 1.24 bits per heavy atom. The maximum atomic E-state index is 13.0. The molecule has 0 aromatic carbocycles. The second-order valence-electron chi connectivity index (χ2n) is 8.13. The third kappa shape index (κ3) is 14.9. The predicted octanol–water partition coefficient (Wildman–Crippen LogP) is -4.61. The van der Waals surface area contributed by atoms with Crippen molar-refractivity contribution in [3.63, 3.8) is 0 Å². The Kier molecular flexibility index (Phi) is 15.6. The van der Waals surface area contributed by atoms with Crippen molar-refractivity contribution >= 4 is 41.5 Å². The number of aliphatic carboxylic acids is 2. The van der Waals surface area contributed by atoms with Gasteiger partial charge in [-0.1, -0.05) is 0 Å². The molecule has 17 heteroatoms. The molecule has 0 aromatic heterocycles. The summed E-state index contributed by atoms with van der Waals surface area (Å²) >= 11 is 0. The van der Waals surface area contributed by atoms with E-state index < -0.39 is 72.6 Å². The van der Waals surface area contributed by atoms with Gasteiger partial charge in [0.2, 0.25) is 23.6 Å². The maximum Gasteiger partial charge on any atom is 0.326 e. The molecule has 0 aliphatic carbocycles. The van der Waals surface area contributed by atoms with Crippen LogP contribution in [0.15, 0.2) is 4.99 Å². The molecule has 0 aliphatic heterocycles. The molecule has 37 heavy (non-hydrogen) atoms. The van der Waals surface area contributed by atoms with Crippen LogP contribution >= 0.6 is 0 Å².